The fraction of sp³-hybridized carbons (Fsp3) is 0.0606. The molecular weight excluding hydrogens is 440 g/mol. The summed E-state index contributed by atoms with van der Waals surface area (Å²) in [4.78, 5) is 5.10. The van der Waals surface area contributed by atoms with Crippen LogP contribution >= 0.6 is 0 Å². The van der Waals surface area contributed by atoms with Crippen molar-refractivity contribution in [3.05, 3.63) is 121 Å². The maximum atomic E-state index is 6.06. The van der Waals surface area contributed by atoms with Crippen LogP contribution < -0.4 is 0 Å². The summed E-state index contributed by atoms with van der Waals surface area (Å²) in [6.45, 7) is 4.34. The highest BCUT2D eigenvalue weighted by Gasteiger charge is 2.19. The Hall–Kier alpha value is -4.63. The monoisotopic (exact) mass is 464 g/mol. The number of nitrogens with zero attached hydrogens (tertiary/aromatic N) is 2. The Labute approximate surface area is 209 Å². The van der Waals surface area contributed by atoms with Crippen LogP contribution in [0.3, 0.4) is 0 Å². The first-order valence-corrected chi connectivity index (χ1v) is 12.2. The van der Waals surface area contributed by atoms with Gasteiger partial charge in [0.25, 0.3) is 0 Å². The second-order valence-corrected chi connectivity index (χ2v) is 9.42. The van der Waals surface area contributed by atoms with E-state index in [9.17, 15) is 0 Å². The number of fused-ring (bicyclic) bond motifs is 3. The lowest BCUT2D eigenvalue weighted by Crippen LogP contribution is -1.97. The van der Waals surface area contributed by atoms with Crippen LogP contribution in [0, 0.1) is 13.8 Å². The van der Waals surface area contributed by atoms with Crippen molar-refractivity contribution in [3.63, 3.8) is 0 Å². The Morgan fingerprint density at radius 3 is 2.33 bits per heavy atom. The molecule has 0 fully saturated rings. The zero-order valence-electron chi connectivity index (χ0n) is 20.2. The van der Waals surface area contributed by atoms with Crippen LogP contribution in [0.2, 0.25) is 0 Å². The van der Waals surface area contributed by atoms with Gasteiger partial charge in [-0.05, 0) is 83.3 Å². The smallest absolute Gasteiger partial charge is 0.149 e. The Morgan fingerprint density at radius 1 is 0.694 bits per heavy atom. The second-order valence-electron chi connectivity index (χ2n) is 9.42. The van der Waals surface area contributed by atoms with Gasteiger partial charge in [0.15, 0.2) is 0 Å². The minimum atomic E-state index is 0.858. The Kier molecular flexibility index (Phi) is 4.58. The van der Waals surface area contributed by atoms with Crippen molar-refractivity contribution in [1.82, 2.24) is 9.55 Å². The Balaban J connectivity index is 1.50. The standard InChI is InChI=1S/C33H24N2O/c1-21-8-7-9-22(2)32(21)25-15-17-31-27(19-25)28(20-36-31)33-34-29-12-5-6-13-30(29)35(33)26-16-14-23-10-3-4-11-24(23)18-26/h3-20H,1-2H3. The molecule has 0 saturated heterocycles. The van der Waals surface area contributed by atoms with E-state index in [1.54, 1.807) is 0 Å². The molecule has 2 aromatic heterocycles. The molecule has 7 rings (SSSR count). The second kappa shape index (κ2) is 7.96. The number of hydrogen-bond acceptors (Lipinski definition) is 2. The Morgan fingerprint density at radius 2 is 1.47 bits per heavy atom. The number of aryl methyl sites for hydroxylation is 2. The minimum absolute atomic E-state index is 0.858. The molecule has 0 unspecified atom stereocenters. The molecule has 0 N–H and O–H groups in total. The van der Waals surface area contributed by atoms with Crippen LogP contribution in [-0.4, -0.2) is 9.55 Å². The fourth-order valence-corrected chi connectivity index (χ4v) is 5.41. The SMILES string of the molecule is Cc1cccc(C)c1-c1ccc2occ(-c3nc4ccccc4n3-c3ccc4ccccc4c3)c2c1. The molecule has 0 saturated carbocycles. The predicted molar refractivity (Wildman–Crippen MR) is 149 cm³/mol. The van der Waals surface area contributed by atoms with E-state index in [1.807, 2.05) is 12.3 Å². The number of aromatic nitrogens is 2. The molecule has 0 atom stereocenters. The largest absolute Gasteiger partial charge is 0.464 e. The van der Waals surface area contributed by atoms with E-state index >= 15 is 0 Å². The van der Waals surface area contributed by atoms with Gasteiger partial charge >= 0.3 is 0 Å². The van der Waals surface area contributed by atoms with Gasteiger partial charge in [-0.2, -0.15) is 0 Å². The van der Waals surface area contributed by atoms with Gasteiger partial charge < -0.3 is 4.42 Å². The minimum Gasteiger partial charge on any atom is -0.464 e. The van der Waals surface area contributed by atoms with Crippen molar-refractivity contribution < 1.29 is 4.42 Å². The van der Waals surface area contributed by atoms with E-state index in [1.165, 1.54) is 33.0 Å². The van der Waals surface area contributed by atoms with Gasteiger partial charge in [0.2, 0.25) is 0 Å². The molecule has 5 aromatic carbocycles. The molecule has 7 aromatic rings. The quantitative estimate of drug-likeness (QED) is 0.261. The van der Waals surface area contributed by atoms with Crippen molar-refractivity contribution in [2.45, 2.75) is 13.8 Å². The van der Waals surface area contributed by atoms with E-state index in [0.717, 1.165) is 39.1 Å². The number of para-hydroxylation sites is 2. The molecule has 172 valence electrons. The summed E-state index contributed by atoms with van der Waals surface area (Å²) in [5.41, 5.74) is 9.95. The lowest BCUT2D eigenvalue weighted by Gasteiger charge is -2.11. The van der Waals surface area contributed by atoms with Gasteiger partial charge in [0.1, 0.15) is 17.7 Å². The molecule has 3 heteroatoms. The van der Waals surface area contributed by atoms with Gasteiger partial charge in [0, 0.05) is 11.1 Å². The summed E-state index contributed by atoms with van der Waals surface area (Å²) in [5, 5.41) is 3.49. The first-order valence-electron chi connectivity index (χ1n) is 12.2. The van der Waals surface area contributed by atoms with Crippen molar-refractivity contribution in [3.8, 4) is 28.2 Å². The van der Waals surface area contributed by atoms with Crippen molar-refractivity contribution in [2.24, 2.45) is 0 Å². The van der Waals surface area contributed by atoms with E-state index in [4.69, 9.17) is 9.40 Å². The van der Waals surface area contributed by atoms with Crippen LogP contribution in [0.5, 0.6) is 0 Å². The zero-order chi connectivity index (χ0) is 24.2. The highest BCUT2D eigenvalue weighted by Crippen LogP contribution is 2.38. The maximum Gasteiger partial charge on any atom is 0.149 e. The third kappa shape index (κ3) is 3.17. The van der Waals surface area contributed by atoms with Gasteiger partial charge in [0.05, 0.1) is 16.6 Å². The summed E-state index contributed by atoms with van der Waals surface area (Å²) in [6, 6.07) is 36.3. The molecule has 2 heterocycles. The molecular formula is C33H24N2O. The number of furan rings is 1. The average Bonchev–Trinajstić information content (AvgIpc) is 3.49. The average molecular weight is 465 g/mol. The number of rotatable bonds is 3. The number of hydrogen-bond donors (Lipinski definition) is 0. The van der Waals surface area contributed by atoms with Crippen LogP contribution in [-0.2, 0) is 0 Å². The molecule has 0 aliphatic heterocycles. The van der Waals surface area contributed by atoms with E-state index in [2.05, 4.69) is 115 Å². The van der Waals surface area contributed by atoms with Gasteiger partial charge in [-0.3, -0.25) is 4.57 Å². The van der Waals surface area contributed by atoms with Crippen LogP contribution in [0.25, 0.3) is 61.0 Å². The molecule has 0 aliphatic carbocycles. The molecule has 36 heavy (non-hydrogen) atoms. The fourth-order valence-electron chi connectivity index (χ4n) is 5.41. The van der Waals surface area contributed by atoms with Crippen LogP contribution in [0.15, 0.2) is 114 Å². The summed E-state index contributed by atoms with van der Waals surface area (Å²) in [6.07, 6.45) is 1.85. The van der Waals surface area contributed by atoms with Gasteiger partial charge in [-0.25, -0.2) is 4.98 Å². The highest BCUT2D eigenvalue weighted by molar-refractivity contribution is 5.98. The summed E-state index contributed by atoms with van der Waals surface area (Å²) in [7, 11) is 0. The van der Waals surface area contributed by atoms with Gasteiger partial charge in [-0.15, -0.1) is 0 Å². The van der Waals surface area contributed by atoms with Crippen molar-refractivity contribution in [2.75, 3.05) is 0 Å². The van der Waals surface area contributed by atoms with Crippen LogP contribution in [0.4, 0.5) is 0 Å². The molecule has 3 nitrogen and oxygen atoms in total. The molecule has 0 radical (unpaired) electrons. The zero-order valence-corrected chi connectivity index (χ0v) is 20.2. The number of imidazole rings is 1. The highest BCUT2D eigenvalue weighted by atomic mass is 16.3. The summed E-state index contributed by atoms with van der Waals surface area (Å²) < 4.78 is 8.31. The Bertz CT molecular complexity index is 1900. The molecule has 0 spiro atoms. The predicted octanol–water partition coefficient (Wildman–Crippen LogP) is 8.88. The lowest BCUT2D eigenvalue weighted by atomic mass is 9.94. The third-order valence-corrected chi connectivity index (χ3v) is 7.14. The van der Waals surface area contributed by atoms with Crippen LogP contribution in [0.1, 0.15) is 11.1 Å². The topological polar surface area (TPSA) is 31.0 Å². The summed E-state index contributed by atoms with van der Waals surface area (Å²) in [5.74, 6) is 0.879. The van der Waals surface area contributed by atoms with Gasteiger partial charge in [-0.1, -0.05) is 66.7 Å². The number of benzene rings is 5. The van der Waals surface area contributed by atoms with Crippen molar-refractivity contribution in [1.29, 1.82) is 0 Å². The molecule has 0 aliphatic rings. The van der Waals surface area contributed by atoms with E-state index in [0.29, 0.717) is 0 Å². The normalized spacial score (nSPS) is 11.6. The third-order valence-electron chi connectivity index (χ3n) is 7.14. The molecule has 0 bridgehead atoms. The molecule has 0 amide bonds. The first-order chi connectivity index (χ1) is 17.7. The lowest BCUT2D eigenvalue weighted by molar-refractivity contribution is 0.616. The van der Waals surface area contributed by atoms with Crippen molar-refractivity contribution >= 4 is 32.8 Å². The first kappa shape index (κ1) is 20.7. The van der Waals surface area contributed by atoms with E-state index < -0.39 is 0 Å². The summed E-state index contributed by atoms with van der Waals surface area (Å²) >= 11 is 0. The maximum absolute atomic E-state index is 6.06. The van der Waals surface area contributed by atoms with E-state index in [-0.39, 0.29) is 0 Å².